The molecule has 1 aliphatic carbocycles. The van der Waals surface area contributed by atoms with Crippen LogP contribution in [0.3, 0.4) is 0 Å². The van der Waals surface area contributed by atoms with Gasteiger partial charge in [-0.1, -0.05) is 12.1 Å². The summed E-state index contributed by atoms with van der Waals surface area (Å²) in [4.78, 5) is 12.7. The molecule has 3 aromatic carbocycles. The maximum Gasteiger partial charge on any atom is 0.471 e. The topological polar surface area (TPSA) is 56.1 Å². The second-order valence-electron chi connectivity index (χ2n) is 8.94. The Morgan fingerprint density at radius 1 is 1.08 bits per heavy atom. The van der Waals surface area contributed by atoms with Crippen LogP contribution in [-0.4, -0.2) is 33.2 Å². The van der Waals surface area contributed by atoms with Gasteiger partial charge in [-0.25, -0.2) is 9.07 Å². The number of thioether (sulfide) groups is 1. The Hall–Kier alpha value is -3.53. The van der Waals surface area contributed by atoms with Crippen molar-refractivity contribution in [2.24, 2.45) is 0 Å². The minimum atomic E-state index is -5.00. The SMILES string of the molecule is C[C@H](NC(=O)C(F)(F)F)[C@@H](Oc1ccc2c(cnn2-c2ccc(F)cc2)c1)c1ccc(SC2CC2)cc1. The Balaban J connectivity index is 1.41. The zero-order chi connectivity index (χ0) is 26.2. The third-order valence-corrected chi connectivity index (χ3v) is 7.33. The number of aromatic nitrogens is 2. The van der Waals surface area contributed by atoms with Crippen molar-refractivity contribution in [3.05, 3.63) is 84.3 Å². The number of nitrogens with one attached hydrogen (secondary N) is 1. The first-order valence-electron chi connectivity index (χ1n) is 11.7. The average molecular weight is 530 g/mol. The molecule has 0 radical (unpaired) electrons. The molecular weight excluding hydrogens is 506 g/mol. The lowest BCUT2D eigenvalue weighted by atomic mass is 10.0. The number of carbonyl (C=O) groups excluding carboxylic acids is 1. The molecule has 37 heavy (non-hydrogen) atoms. The number of alkyl halides is 3. The molecule has 0 unspecified atom stereocenters. The molecular formula is C27H23F4N3O2S. The largest absolute Gasteiger partial charge is 0.484 e. The van der Waals surface area contributed by atoms with Crippen LogP contribution in [0.15, 0.2) is 77.8 Å². The lowest BCUT2D eigenvalue weighted by Crippen LogP contribution is -2.45. The van der Waals surface area contributed by atoms with E-state index in [9.17, 15) is 22.4 Å². The van der Waals surface area contributed by atoms with Crippen LogP contribution in [0.25, 0.3) is 16.6 Å². The van der Waals surface area contributed by atoms with Crippen molar-refractivity contribution in [1.82, 2.24) is 15.1 Å². The van der Waals surface area contributed by atoms with Crippen molar-refractivity contribution < 1.29 is 27.1 Å². The smallest absolute Gasteiger partial charge is 0.471 e. The highest BCUT2D eigenvalue weighted by molar-refractivity contribution is 8.00. The number of hydrogen-bond donors (Lipinski definition) is 1. The molecule has 5 nitrogen and oxygen atoms in total. The zero-order valence-corrected chi connectivity index (χ0v) is 20.5. The highest BCUT2D eigenvalue weighted by Crippen LogP contribution is 2.39. The van der Waals surface area contributed by atoms with E-state index in [0.29, 0.717) is 22.3 Å². The average Bonchev–Trinajstić information content (AvgIpc) is 3.58. The lowest BCUT2D eigenvalue weighted by Gasteiger charge is -2.27. The molecule has 1 aliphatic rings. The number of benzene rings is 3. The molecule has 4 aromatic rings. The Kier molecular flexibility index (Phi) is 6.85. The third-order valence-electron chi connectivity index (χ3n) is 5.98. The fraction of sp³-hybridized carbons (Fsp3) is 0.259. The number of halogens is 4. The molecule has 1 heterocycles. The summed E-state index contributed by atoms with van der Waals surface area (Å²) >= 11 is 1.77. The first-order valence-corrected chi connectivity index (χ1v) is 12.6. The van der Waals surface area contributed by atoms with Gasteiger partial charge < -0.3 is 10.1 Å². The van der Waals surface area contributed by atoms with Crippen LogP contribution in [0.4, 0.5) is 17.6 Å². The van der Waals surface area contributed by atoms with Gasteiger partial charge in [0.05, 0.1) is 23.4 Å². The van der Waals surface area contributed by atoms with Gasteiger partial charge in [-0.2, -0.15) is 18.3 Å². The van der Waals surface area contributed by atoms with Gasteiger partial charge in [-0.15, -0.1) is 11.8 Å². The van der Waals surface area contributed by atoms with E-state index >= 15 is 0 Å². The van der Waals surface area contributed by atoms with Gasteiger partial charge in [-0.3, -0.25) is 4.79 Å². The van der Waals surface area contributed by atoms with E-state index in [0.717, 1.165) is 15.8 Å². The Labute approximate surface area is 214 Å². The van der Waals surface area contributed by atoms with Crippen molar-refractivity contribution in [1.29, 1.82) is 0 Å². The fourth-order valence-corrected chi connectivity index (χ4v) is 5.01. The van der Waals surface area contributed by atoms with Crippen LogP contribution in [0.1, 0.15) is 31.4 Å². The number of ether oxygens (including phenoxy) is 1. The molecule has 0 bridgehead atoms. The molecule has 2 atom stereocenters. The van der Waals surface area contributed by atoms with Crippen LogP contribution in [0, 0.1) is 5.82 Å². The standard InChI is InChI=1S/C27H23F4N3O2S/c1-16(33-26(35)27(29,30)31)25(17-2-9-22(10-3-17)37-23-11-12-23)36-21-8-13-24-18(14-21)15-32-34(24)20-6-4-19(28)5-7-20/h2-10,13-16,23,25H,11-12H2,1H3,(H,33,35)/t16-,25+/m0/s1. The van der Waals surface area contributed by atoms with E-state index < -0.39 is 24.2 Å². The van der Waals surface area contributed by atoms with Gasteiger partial charge in [0.2, 0.25) is 0 Å². The molecule has 0 saturated heterocycles. The van der Waals surface area contributed by atoms with Crippen molar-refractivity contribution in [3.8, 4) is 11.4 Å². The quantitative estimate of drug-likeness (QED) is 0.261. The second kappa shape index (κ2) is 10.1. The maximum absolute atomic E-state index is 13.3. The minimum Gasteiger partial charge on any atom is -0.484 e. The summed E-state index contributed by atoms with van der Waals surface area (Å²) in [6.07, 6.45) is -1.90. The number of fused-ring (bicyclic) bond motifs is 1. The molecule has 10 heteroatoms. The molecule has 1 N–H and O–H groups in total. The molecule has 1 aromatic heterocycles. The molecule has 1 amide bonds. The first kappa shape index (κ1) is 25.1. The van der Waals surface area contributed by atoms with Gasteiger partial charge in [0.1, 0.15) is 17.7 Å². The lowest BCUT2D eigenvalue weighted by molar-refractivity contribution is -0.174. The Morgan fingerprint density at radius 2 is 1.78 bits per heavy atom. The van der Waals surface area contributed by atoms with Crippen LogP contribution in [0.2, 0.25) is 0 Å². The number of amides is 1. The van der Waals surface area contributed by atoms with Crippen LogP contribution in [0.5, 0.6) is 5.75 Å². The van der Waals surface area contributed by atoms with E-state index in [4.69, 9.17) is 4.74 Å². The number of hydrogen-bond acceptors (Lipinski definition) is 4. The van der Waals surface area contributed by atoms with Gasteiger partial charge in [-0.05, 0) is 79.9 Å². The van der Waals surface area contributed by atoms with Gasteiger partial charge in [0, 0.05) is 15.5 Å². The molecule has 5 rings (SSSR count). The third kappa shape index (κ3) is 5.90. The van der Waals surface area contributed by atoms with E-state index in [-0.39, 0.29) is 5.82 Å². The van der Waals surface area contributed by atoms with Crippen LogP contribution in [-0.2, 0) is 4.79 Å². The summed E-state index contributed by atoms with van der Waals surface area (Å²) in [5.74, 6) is -1.97. The first-order chi connectivity index (χ1) is 17.7. The summed E-state index contributed by atoms with van der Waals surface area (Å²) in [6.45, 7) is 1.48. The molecule has 0 aliphatic heterocycles. The predicted octanol–water partition coefficient (Wildman–Crippen LogP) is 6.61. The number of carbonyl (C=O) groups is 1. The van der Waals surface area contributed by atoms with E-state index in [1.165, 1.54) is 31.9 Å². The van der Waals surface area contributed by atoms with Gasteiger partial charge in [0.15, 0.2) is 0 Å². The predicted molar refractivity (Wildman–Crippen MR) is 133 cm³/mol. The van der Waals surface area contributed by atoms with Crippen LogP contribution < -0.4 is 10.1 Å². The maximum atomic E-state index is 13.3. The van der Waals surface area contributed by atoms with Crippen molar-refractivity contribution >= 4 is 28.6 Å². The summed E-state index contributed by atoms with van der Waals surface area (Å²) in [5, 5.41) is 7.73. The molecule has 0 spiro atoms. The zero-order valence-electron chi connectivity index (χ0n) is 19.7. The Morgan fingerprint density at radius 3 is 2.43 bits per heavy atom. The highest BCUT2D eigenvalue weighted by atomic mass is 32.2. The number of rotatable bonds is 8. The summed E-state index contributed by atoms with van der Waals surface area (Å²) in [7, 11) is 0. The van der Waals surface area contributed by atoms with Crippen molar-refractivity contribution in [3.63, 3.8) is 0 Å². The summed E-state index contributed by atoms with van der Waals surface area (Å²) in [5.41, 5.74) is 2.06. The Bertz CT molecular complexity index is 1400. The fourth-order valence-electron chi connectivity index (χ4n) is 3.96. The molecule has 1 saturated carbocycles. The molecule has 1 fully saturated rings. The van der Waals surface area contributed by atoms with E-state index in [1.54, 1.807) is 53.0 Å². The highest BCUT2D eigenvalue weighted by Gasteiger charge is 2.40. The van der Waals surface area contributed by atoms with Crippen molar-refractivity contribution in [2.45, 2.75) is 48.2 Å². The monoisotopic (exact) mass is 529 g/mol. The second-order valence-corrected chi connectivity index (χ2v) is 10.3. The normalized spacial score (nSPS) is 15.4. The summed E-state index contributed by atoms with van der Waals surface area (Å²) < 4.78 is 59.9. The van der Waals surface area contributed by atoms with Crippen molar-refractivity contribution in [2.75, 3.05) is 0 Å². The van der Waals surface area contributed by atoms with E-state index in [1.807, 2.05) is 29.6 Å². The minimum absolute atomic E-state index is 0.354. The van der Waals surface area contributed by atoms with Crippen LogP contribution >= 0.6 is 11.8 Å². The summed E-state index contributed by atoms with van der Waals surface area (Å²) in [6, 6.07) is 17.6. The van der Waals surface area contributed by atoms with E-state index in [2.05, 4.69) is 5.10 Å². The van der Waals surface area contributed by atoms with Gasteiger partial charge >= 0.3 is 12.1 Å². The molecule has 192 valence electrons. The van der Waals surface area contributed by atoms with Gasteiger partial charge in [0.25, 0.3) is 0 Å². The number of nitrogens with zero attached hydrogens (tertiary/aromatic N) is 2.